The van der Waals surface area contributed by atoms with Gasteiger partial charge >= 0.3 is 5.97 Å². The van der Waals surface area contributed by atoms with Crippen LogP contribution in [0.1, 0.15) is 31.4 Å². The van der Waals surface area contributed by atoms with Crippen molar-refractivity contribution in [2.45, 2.75) is 25.8 Å². The largest absolute Gasteiger partial charge is 0.481 e. The Hall–Kier alpha value is -2.14. The fourth-order valence-corrected chi connectivity index (χ4v) is 2.20. The summed E-state index contributed by atoms with van der Waals surface area (Å²) in [6.45, 7) is 2.86. The van der Waals surface area contributed by atoms with Crippen molar-refractivity contribution in [3.63, 3.8) is 0 Å². The van der Waals surface area contributed by atoms with Crippen LogP contribution in [0.25, 0.3) is 5.69 Å². The molecule has 5 nitrogen and oxygen atoms in total. The Balaban J connectivity index is 1.98. The lowest BCUT2D eigenvalue weighted by Gasteiger charge is -2.23. The lowest BCUT2D eigenvalue weighted by Crippen LogP contribution is -2.23. The molecule has 1 unspecified atom stereocenters. The van der Waals surface area contributed by atoms with Gasteiger partial charge in [-0.3, -0.25) is 9.69 Å². The predicted molar refractivity (Wildman–Crippen MR) is 81.5 cm³/mol. The molecule has 2 aromatic rings. The Morgan fingerprint density at radius 2 is 2.10 bits per heavy atom. The van der Waals surface area contributed by atoms with Gasteiger partial charge in [-0.05, 0) is 39.1 Å². The van der Waals surface area contributed by atoms with Crippen molar-refractivity contribution >= 4 is 5.97 Å². The van der Waals surface area contributed by atoms with Crippen LogP contribution >= 0.6 is 0 Å². The zero-order valence-electron chi connectivity index (χ0n) is 12.4. The molecule has 0 saturated carbocycles. The molecule has 1 heterocycles. The van der Waals surface area contributed by atoms with E-state index in [-0.39, 0.29) is 12.5 Å². The summed E-state index contributed by atoms with van der Waals surface area (Å²) in [7, 11) is 2.01. The molecule has 2 rings (SSSR count). The zero-order valence-corrected chi connectivity index (χ0v) is 12.4. The number of nitrogens with zero attached hydrogens (tertiary/aromatic N) is 3. The number of carboxylic acids is 1. The minimum Gasteiger partial charge on any atom is -0.481 e. The van der Waals surface area contributed by atoms with Crippen LogP contribution in [0.2, 0.25) is 0 Å². The van der Waals surface area contributed by atoms with Gasteiger partial charge in [0.2, 0.25) is 0 Å². The second kappa shape index (κ2) is 7.04. The van der Waals surface area contributed by atoms with Gasteiger partial charge in [0.05, 0.1) is 11.9 Å². The summed E-state index contributed by atoms with van der Waals surface area (Å²) in [5, 5.41) is 13.1. The van der Waals surface area contributed by atoms with E-state index in [1.165, 1.54) is 0 Å². The van der Waals surface area contributed by atoms with Crippen molar-refractivity contribution in [1.29, 1.82) is 0 Å². The second-order valence-electron chi connectivity index (χ2n) is 5.21. The average molecular weight is 287 g/mol. The van der Waals surface area contributed by atoms with Gasteiger partial charge in [-0.1, -0.05) is 18.2 Å². The van der Waals surface area contributed by atoms with Crippen LogP contribution in [-0.4, -0.2) is 39.3 Å². The number of hydrogen-bond donors (Lipinski definition) is 1. The van der Waals surface area contributed by atoms with Gasteiger partial charge in [0, 0.05) is 24.2 Å². The highest BCUT2D eigenvalue weighted by Crippen LogP contribution is 2.19. The summed E-state index contributed by atoms with van der Waals surface area (Å²) in [5.41, 5.74) is 2.15. The minimum absolute atomic E-state index is 0.205. The van der Waals surface area contributed by atoms with E-state index in [1.807, 2.05) is 54.5 Å². The standard InChI is InChI=1S/C16H21N3O2/c1-13(18(2)10-6-9-16(20)21)14-11-17-19(12-14)15-7-4-3-5-8-15/h3-5,7-8,11-13H,6,9-10H2,1-2H3,(H,20,21). The SMILES string of the molecule is CC(c1cnn(-c2ccccc2)c1)N(C)CCCC(=O)O. The van der Waals surface area contributed by atoms with Crippen molar-refractivity contribution in [2.24, 2.45) is 0 Å². The van der Waals surface area contributed by atoms with Crippen LogP contribution < -0.4 is 0 Å². The van der Waals surface area contributed by atoms with Crippen LogP contribution in [0.3, 0.4) is 0 Å². The molecule has 0 aliphatic carbocycles. The molecule has 0 spiro atoms. The Morgan fingerprint density at radius 1 is 1.38 bits per heavy atom. The molecule has 0 saturated heterocycles. The van der Waals surface area contributed by atoms with Gasteiger partial charge in [-0.2, -0.15) is 5.10 Å². The van der Waals surface area contributed by atoms with E-state index in [1.54, 1.807) is 0 Å². The second-order valence-corrected chi connectivity index (χ2v) is 5.21. The van der Waals surface area contributed by atoms with Gasteiger partial charge < -0.3 is 5.11 Å². The summed E-state index contributed by atoms with van der Waals surface area (Å²) in [5.74, 6) is -0.743. The van der Waals surface area contributed by atoms with E-state index in [2.05, 4.69) is 16.9 Å². The lowest BCUT2D eigenvalue weighted by molar-refractivity contribution is -0.137. The third-order valence-corrected chi connectivity index (χ3v) is 3.67. The van der Waals surface area contributed by atoms with Crippen LogP contribution in [0, 0.1) is 0 Å². The maximum Gasteiger partial charge on any atom is 0.303 e. The minimum atomic E-state index is -0.743. The first-order valence-corrected chi connectivity index (χ1v) is 7.10. The summed E-state index contributed by atoms with van der Waals surface area (Å²) in [4.78, 5) is 12.7. The molecule has 1 atom stereocenters. The van der Waals surface area contributed by atoms with Crippen molar-refractivity contribution in [1.82, 2.24) is 14.7 Å². The predicted octanol–water partition coefficient (Wildman–Crippen LogP) is 2.73. The summed E-state index contributed by atoms with van der Waals surface area (Å²) in [6, 6.07) is 10.2. The molecule has 0 aliphatic heterocycles. The first kappa shape index (κ1) is 15.3. The Labute approximate surface area is 124 Å². The van der Waals surface area contributed by atoms with Crippen LogP contribution in [0.4, 0.5) is 0 Å². The van der Waals surface area contributed by atoms with E-state index >= 15 is 0 Å². The maximum atomic E-state index is 10.5. The molecule has 0 amide bonds. The number of carbonyl (C=O) groups is 1. The van der Waals surface area contributed by atoms with Crippen LogP contribution in [0.5, 0.6) is 0 Å². The van der Waals surface area contributed by atoms with E-state index in [0.717, 1.165) is 17.8 Å². The van der Waals surface area contributed by atoms with Crippen LogP contribution in [-0.2, 0) is 4.79 Å². The first-order chi connectivity index (χ1) is 10.1. The molecular formula is C16H21N3O2. The molecule has 1 N–H and O–H groups in total. The fourth-order valence-electron chi connectivity index (χ4n) is 2.20. The normalized spacial score (nSPS) is 12.5. The number of aliphatic carboxylic acids is 1. The molecular weight excluding hydrogens is 266 g/mol. The molecule has 112 valence electrons. The van der Waals surface area contributed by atoms with Gasteiger partial charge in [0.25, 0.3) is 0 Å². The fraction of sp³-hybridized carbons (Fsp3) is 0.375. The van der Waals surface area contributed by atoms with E-state index in [9.17, 15) is 4.79 Å². The maximum absolute atomic E-state index is 10.5. The molecule has 5 heteroatoms. The van der Waals surface area contributed by atoms with Crippen molar-refractivity contribution in [3.8, 4) is 5.69 Å². The molecule has 1 aromatic carbocycles. The third kappa shape index (κ3) is 4.16. The average Bonchev–Trinajstić information content (AvgIpc) is 2.96. The Morgan fingerprint density at radius 3 is 2.76 bits per heavy atom. The molecule has 0 radical (unpaired) electrons. The monoisotopic (exact) mass is 287 g/mol. The number of hydrogen-bond acceptors (Lipinski definition) is 3. The smallest absolute Gasteiger partial charge is 0.303 e. The number of carboxylic acid groups (broad SMARTS) is 1. The molecule has 0 bridgehead atoms. The highest BCUT2D eigenvalue weighted by atomic mass is 16.4. The Bertz CT molecular complexity index is 580. The molecule has 0 fully saturated rings. The van der Waals surface area contributed by atoms with E-state index < -0.39 is 5.97 Å². The number of aromatic nitrogens is 2. The Kier molecular flexibility index (Phi) is 5.11. The first-order valence-electron chi connectivity index (χ1n) is 7.10. The zero-order chi connectivity index (χ0) is 15.2. The summed E-state index contributed by atoms with van der Waals surface area (Å²) >= 11 is 0. The van der Waals surface area contributed by atoms with Crippen LogP contribution in [0.15, 0.2) is 42.7 Å². The van der Waals surface area contributed by atoms with Crippen molar-refractivity contribution in [2.75, 3.05) is 13.6 Å². The van der Waals surface area contributed by atoms with Crippen molar-refractivity contribution < 1.29 is 9.90 Å². The molecule has 21 heavy (non-hydrogen) atoms. The molecule has 0 aliphatic rings. The molecule has 1 aromatic heterocycles. The quantitative estimate of drug-likeness (QED) is 0.850. The topological polar surface area (TPSA) is 58.4 Å². The summed E-state index contributed by atoms with van der Waals surface area (Å²) in [6.07, 6.45) is 4.75. The van der Waals surface area contributed by atoms with Gasteiger partial charge in [-0.25, -0.2) is 4.68 Å². The highest BCUT2D eigenvalue weighted by molar-refractivity contribution is 5.66. The van der Waals surface area contributed by atoms with Gasteiger partial charge in [0.1, 0.15) is 0 Å². The van der Waals surface area contributed by atoms with Gasteiger partial charge in [-0.15, -0.1) is 0 Å². The lowest BCUT2D eigenvalue weighted by atomic mass is 10.1. The number of benzene rings is 1. The van der Waals surface area contributed by atoms with E-state index in [0.29, 0.717) is 6.42 Å². The third-order valence-electron chi connectivity index (χ3n) is 3.67. The van der Waals surface area contributed by atoms with Crippen molar-refractivity contribution in [3.05, 3.63) is 48.3 Å². The van der Waals surface area contributed by atoms with E-state index in [4.69, 9.17) is 5.11 Å². The number of para-hydroxylation sites is 1. The number of rotatable bonds is 7. The van der Waals surface area contributed by atoms with Gasteiger partial charge in [0.15, 0.2) is 0 Å². The highest BCUT2D eigenvalue weighted by Gasteiger charge is 2.14. The summed E-state index contributed by atoms with van der Waals surface area (Å²) < 4.78 is 1.86.